The largest absolute Gasteiger partial charge is 0.495 e. The predicted octanol–water partition coefficient (Wildman–Crippen LogP) is 2.52. The third kappa shape index (κ3) is 4.63. The number of nitrogens with one attached hydrogen (secondary N) is 1. The number of methoxy groups -OCH3 is 2. The average Bonchev–Trinajstić information content (AvgIpc) is 2.61. The minimum Gasteiger partial charge on any atom is -0.495 e. The average molecular weight is 334 g/mol. The van der Waals surface area contributed by atoms with Crippen molar-refractivity contribution in [1.29, 1.82) is 0 Å². The molecule has 1 aromatic rings. The number of esters is 1. The molecular formula is C18H26N2O4. The van der Waals surface area contributed by atoms with E-state index >= 15 is 0 Å². The first kappa shape index (κ1) is 18.1. The van der Waals surface area contributed by atoms with Crippen LogP contribution in [0, 0.1) is 5.92 Å². The van der Waals surface area contributed by atoms with Gasteiger partial charge in [0.25, 0.3) is 5.91 Å². The predicted molar refractivity (Wildman–Crippen MR) is 91.9 cm³/mol. The molecule has 3 N–H and O–H groups in total. The van der Waals surface area contributed by atoms with Crippen molar-refractivity contribution in [3.05, 3.63) is 23.8 Å². The molecule has 6 heteroatoms. The van der Waals surface area contributed by atoms with Gasteiger partial charge in [-0.25, -0.2) is 4.79 Å². The van der Waals surface area contributed by atoms with E-state index in [1.54, 1.807) is 18.2 Å². The van der Waals surface area contributed by atoms with Gasteiger partial charge < -0.3 is 20.5 Å². The molecule has 0 unspecified atom stereocenters. The normalized spacial score (nSPS) is 16.2. The van der Waals surface area contributed by atoms with E-state index in [0.717, 1.165) is 12.8 Å². The molecule has 0 radical (unpaired) electrons. The number of anilines is 1. The number of nitrogen functional groups attached to an aromatic ring is 1. The zero-order chi connectivity index (χ0) is 17.5. The number of amides is 1. The number of rotatable bonds is 6. The maximum absolute atomic E-state index is 12.5. The molecule has 6 nitrogen and oxygen atoms in total. The molecule has 1 amide bonds. The monoisotopic (exact) mass is 334 g/mol. The lowest BCUT2D eigenvalue weighted by molar-refractivity contribution is -0.143. The van der Waals surface area contributed by atoms with E-state index in [1.165, 1.54) is 33.5 Å². The summed E-state index contributed by atoms with van der Waals surface area (Å²) < 4.78 is 9.99. The van der Waals surface area contributed by atoms with Crippen LogP contribution in [0.3, 0.4) is 0 Å². The van der Waals surface area contributed by atoms with Crippen molar-refractivity contribution in [3.8, 4) is 5.75 Å². The van der Waals surface area contributed by atoms with Crippen molar-refractivity contribution in [3.63, 3.8) is 0 Å². The molecule has 1 aromatic carbocycles. The van der Waals surface area contributed by atoms with Crippen LogP contribution in [0.5, 0.6) is 5.75 Å². The van der Waals surface area contributed by atoms with Crippen LogP contribution in [0.4, 0.5) is 5.69 Å². The number of ether oxygens (including phenoxy) is 2. The number of hydrogen-bond acceptors (Lipinski definition) is 5. The van der Waals surface area contributed by atoms with Crippen molar-refractivity contribution in [2.75, 3.05) is 20.0 Å². The molecule has 1 aliphatic rings. The summed E-state index contributed by atoms with van der Waals surface area (Å²) in [6, 6.07) is 4.16. The molecule has 0 aliphatic heterocycles. The van der Waals surface area contributed by atoms with Gasteiger partial charge in [-0.3, -0.25) is 4.79 Å². The van der Waals surface area contributed by atoms with E-state index in [4.69, 9.17) is 15.2 Å². The fourth-order valence-corrected chi connectivity index (χ4v) is 3.21. The molecule has 1 aliphatic carbocycles. The Kier molecular flexibility index (Phi) is 6.46. The van der Waals surface area contributed by atoms with Crippen molar-refractivity contribution in [1.82, 2.24) is 5.32 Å². The second kappa shape index (κ2) is 8.57. The number of hydrogen-bond donors (Lipinski definition) is 2. The SMILES string of the molecule is COC(=O)[C@H](CC1CCCCC1)NC(=O)c1ccc(N)c(OC)c1. The molecule has 132 valence electrons. The van der Waals surface area contributed by atoms with Gasteiger partial charge in [0.05, 0.1) is 19.9 Å². The highest BCUT2D eigenvalue weighted by atomic mass is 16.5. The Morgan fingerprint density at radius 1 is 1.25 bits per heavy atom. The minimum atomic E-state index is -0.630. The smallest absolute Gasteiger partial charge is 0.328 e. The van der Waals surface area contributed by atoms with Gasteiger partial charge in [0.2, 0.25) is 0 Å². The summed E-state index contributed by atoms with van der Waals surface area (Å²) in [5, 5.41) is 2.79. The summed E-state index contributed by atoms with van der Waals surface area (Å²) in [7, 11) is 2.84. The Morgan fingerprint density at radius 3 is 2.58 bits per heavy atom. The lowest BCUT2D eigenvalue weighted by Gasteiger charge is -2.25. The zero-order valence-electron chi connectivity index (χ0n) is 14.3. The molecule has 0 saturated heterocycles. The molecule has 1 fully saturated rings. The Labute approximate surface area is 142 Å². The van der Waals surface area contributed by atoms with Crippen LogP contribution >= 0.6 is 0 Å². The first-order chi connectivity index (χ1) is 11.5. The Bertz CT molecular complexity index is 582. The minimum absolute atomic E-state index is 0.334. The summed E-state index contributed by atoms with van der Waals surface area (Å²) in [6.07, 6.45) is 6.42. The number of nitrogens with two attached hydrogens (primary N) is 1. The Hall–Kier alpha value is -2.24. The van der Waals surface area contributed by atoms with Crippen LogP contribution in [0.1, 0.15) is 48.9 Å². The van der Waals surface area contributed by atoms with Gasteiger partial charge in [0.15, 0.2) is 0 Å². The van der Waals surface area contributed by atoms with Crippen LogP contribution < -0.4 is 15.8 Å². The van der Waals surface area contributed by atoms with Gasteiger partial charge in [-0.05, 0) is 30.5 Å². The number of carbonyl (C=O) groups excluding carboxylic acids is 2. The third-order valence-electron chi connectivity index (χ3n) is 4.58. The van der Waals surface area contributed by atoms with E-state index in [9.17, 15) is 9.59 Å². The lowest BCUT2D eigenvalue weighted by atomic mass is 9.84. The standard InChI is InChI=1S/C18H26N2O4/c1-23-16-11-13(8-9-14(16)19)17(21)20-15(18(22)24-2)10-12-6-4-3-5-7-12/h8-9,11-12,15H,3-7,10,19H2,1-2H3,(H,20,21)/t15-/m0/s1. The summed E-state index contributed by atoms with van der Waals surface area (Å²) >= 11 is 0. The first-order valence-electron chi connectivity index (χ1n) is 8.37. The van der Waals surface area contributed by atoms with Crippen LogP contribution in [-0.4, -0.2) is 32.1 Å². The van der Waals surface area contributed by atoms with Gasteiger partial charge in [-0.1, -0.05) is 32.1 Å². The van der Waals surface area contributed by atoms with Crippen LogP contribution in [0.15, 0.2) is 18.2 Å². The fraction of sp³-hybridized carbons (Fsp3) is 0.556. The van der Waals surface area contributed by atoms with Crippen LogP contribution in [0.2, 0.25) is 0 Å². The molecule has 2 rings (SSSR count). The van der Waals surface area contributed by atoms with Crippen molar-refractivity contribution in [2.45, 2.75) is 44.6 Å². The summed E-state index contributed by atoms with van der Waals surface area (Å²) in [4.78, 5) is 24.5. The molecule has 0 heterocycles. The number of carbonyl (C=O) groups is 2. The highest BCUT2D eigenvalue weighted by molar-refractivity contribution is 5.97. The second-order valence-corrected chi connectivity index (χ2v) is 6.25. The quantitative estimate of drug-likeness (QED) is 0.616. The molecule has 24 heavy (non-hydrogen) atoms. The third-order valence-corrected chi connectivity index (χ3v) is 4.58. The van der Waals surface area contributed by atoms with E-state index in [-0.39, 0.29) is 5.91 Å². The molecular weight excluding hydrogens is 308 g/mol. The highest BCUT2D eigenvalue weighted by Crippen LogP contribution is 2.28. The highest BCUT2D eigenvalue weighted by Gasteiger charge is 2.27. The summed E-state index contributed by atoms with van der Waals surface area (Å²) in [6.45, 7) is 0. The zero-order valence-corrected chi connectivity index (χ0v) is 14.3. The molecule has 0 spiro atoms. The van der Waals surface area contributed by atoms with Gasteiger partial charge in [0.1, 0.15) is 11.8 Å². The van der Waals surface area contributed by atoms with Crippen LogP contribution in [-0.2, 0) is 9.53 Å². The molecule has 1 saturated carbocycles. The van der Waals surface area contributed by atoms with E-state index in [1.807, 2.05) is 0 Å². The van der Waals surface area contributed by atoms with Crippen LogP contribution in [0.25, 0.3) is 0 Å². The van der Waals surface area contributed by atoms with Gasteiger partial charge >= 0.3 is 5.97 Å². The molecule has 1 atom stereocenters. The van der Waals surface area contributed by atoms with Crippen molar-refractivity contribution < 1.29 is 19.1 Å². The Balaban J connectivity index is 2.07. The van der Waals surface area contributed by atoms with E-state index in [0.29, 0.717) is 29.3 Å². The first-order valence-corrected chi connectivity index (χ1v) is 8.37. The van der Waals surface area contributed by atoms with E-state index < -0.39 is 12.0 Å². The van der Waals surface area contributed by atoms with Gasteiger partial charge in [-0.15, -0.1) is 0 Å². The fourth-order valence-electron chi connectivity index (χ4n) is 3.21. The maximum atomic E-state index is 12.5. The summed E-state index contributed by atoms with van der Waals surface area (Å²) in [5.74, 6) is 0.143. The van der Waals surface area contributed by atoms with Gasteiger partial charge in [0, 0.05) is 5.56 Å². The maximum Gasteiger partial charge on any atom is 0.328 e. The Morgan fingerprint density at radius 2 is 1.96 bits per heavy atom. The van der Waals surface area contributed by atoms with Gasteiger partial charge in [-0.2, -0.15) is 0 Å². The lowest BCUT2D eigenvalue weighted by Crippen LogP contribution is -2.43. The van der Waals surface area contributed by atoms with Crippen molar-refractivity contribution >= 4 is 17.6 Å². The number of benzene rings is 1. The summed E-state index contributed by atoms with van der Waals surface area (Å²) in [5.41, 5.74) is 6.62. The molecule has 0 bridgehead atoms. The van der Waals surface area contributed by atoms with Crippen molar-refractivity contribution in [2.24, 2.45) is 5.92 Å². The van der Waals surface area contributed by atoms with E-state index in [2.05, 4.69) is 5.32 Å². The molecule has 0 aromatic heterocycles. The topological polar surface area (TPSA) is 90.7 Å². The second-order valence-electron chi connectivity index (χ2n) is 6.25.